The molecule has 0 unspecified atom stereocenters. The number of morpholine rings is 1. The minimum Gasteiger partial charge on any atom is -0.475 e. The van der Waals surface area contributed by atoms with E-state index in [0.29, 0.717) is 12.1 Å². The maximum Gasteiger partial charge on any atom is 0.490 e. The van der Waals surface area contributed by atoms with E-state index >= 15 is 0 Å². The number of likely N-dealkylation sites (tertiary alicyclic amines) is 1. The van der Waals surface area contributed by atoms with Crippen molar-refractivity contribution in [3.05, 3.63) is 53.7 Å². The van der Waals surface area contributed by atoms with Crippen molar-refractivity contribution in [1.29, 1.82) is 0 Å². The fourth-order valence-electron chi connectivity index (χ4n) is 4.23. The number of aliphatic carboxylic acids is 3. The van der Waals surface area contributed by atoms with Gasteiger partial charge in [-0.3, -0.25) is 14.8 Å². The highest BCUT2D eigenvalue weighted by atomic mass is 19.4. The number of nitrogens with zero attached hydrogens (tertiary/aromatic N) is 3. The van der Waals surface area contributed by atoms with Crippen LogP contribution in [0.25, 0.3) is 0 Å². The number of alkyl halides is 9. The predicted octanol–water partition coefficient (Wildman–Crippen LogP) is 4.40. The third-order valence-corrected chi connectivity index (χ3v) is 6.19. The van der Waals surface area contributed by atoms with E-state index in [1.165, 1.54) is 12.0 Å². The number of rotatable bonds is 5. The molecule has 4 rings (SSSR count). The van der Waals surface area contributed by atoms with E-state index in [0.717, 1.165) is 57.3 Å². The summed E-state index contributed by atoms with van der Waals surface area (Å²) in [7, 11) is 0. The number of carboxylic acid groups (broad SMARTS) is 3. The van der Waals surface area contributed by atoms with E-state index in [1.807, 2.05) is 25.4 Å². The van der Waals surface area contributed by atoms with Crippen LogP contribution in [0.15, 0.2) is 41.1 Å². The van der Waals surface area contributed by atoms with Crippen LogP contribution < -0.4 is 0 Å². The first-order chi connectivity index (χ1) is 21.1. The van der Waals surface area contributed by atoms with Gasteiger partial charge in [-0.1, -0.05) is 6.07 Å². The SMILES string of the molecule is Cc1ccc(CN2CC[C@@H](N3CCOCC3)[C@@H]2Cc2cccnc2)o1.O=C(O)C(F)(F)F.O=C(O)C(F)(F)F.O=C(O)C(F)(F)F. The van der Waals surface area contributed by atoms with Crippen LogP contribution in [0.3, 0.4) is 0 Å². The predicted molar refractivity (Wildman–Crippen MR) is 137 cm³/mol. The van der Waals surface area contributed by atoms with E-state index in [4.69, 9.17) is 38.9 Å². The summed E-state index contributed by atoms with van der Waals surface area (Å²) in [5.74, 6) is -6.22. The second-order valence-corrected chi connectivity index (χ2v) is 9.53. The van der Waals surface area contributed by atoms with Gasteiger partial charge >= 0.3 is 36.4 Å². The largest absolute Gasteiger partial charge is 0.490 e. The lowest BCUT2D eigenvalue weighted by Gasteiger charge is -2.37. The summed E-state index contributed by atoms with van der Waals surface area (Å²) in [5.41, 5.74) is 1.31. The van der Waals surface area contributed by atoms with Crippen LogP contribution in [0.5, 0.6) is 0 Å². The number of ether oxygens (including phenoxy) is 1. The van der Waals surface area contributed by atoms with Crippen LogP contribution in [0, 0.1) is 6.92 Å². The normalized spacial score (nSPS) is 19.0. The Kier molecular flexibility index (Phi) is 15.4. The number of pyridine rings is 1. The highest BCUT2D eigenvalue weighted by Gasteiger charge is 2.40. The van der Waals surface area contributed by atoms with Crippen molar-refractivity contribution in [3.8, 4) is 0 Å². The number of halogens is 9. The molecule has 2 fully saturated rings. The molecule has 0 spiro atoms. The lowest BCUT2D eigenvalue weighted by atomic mass is 9.99. The van der Waals surface area contributed by atoms with Crippen molar-refractivity contribution in [2.45, 2.75) is 56.9 Å². The molecule has 2 atom stereocenters. The molecule has 2 aliphatic heterocycles. The average molecular weight is 684 g/mol. The molecule has 260 valence electrons. The molecule has 2 aliphatic rings. The molecule has 2 aromatic rings. The van der Waals surface area contributed by atoms with Gasteiger partial charge in [-0.05, 0) is 43.5 Å². The van der Waals surface area contributed by atoms with Crippen molar-refractivity contribution < 1.29 is 78.4 Å². The van der Waals surface area contributed by atoms with Crippen LogP contribution in [-0.4, -0.2) is 111 Å². The first-order valence-corrected chi connectivity index (χ1v) is 13.0. The Balaban J connectivity index is 0.000000413. The average Bonchev–Trinajstić information content (AvgIpc) is 3.54. The summed E-state index contributed by atoms with van der Waals surface area (Å²) >= 11 is 0. The van der Waals surface area contributed by atoms with E-state index in [9.17, 15) is 39.5 Å². The van der Waals surface area contributed by atoms with E-state index in [-0.39, 0.29) is 0 Å². The van der Waals surface area contributed by atoms with Crippen molar-refractivity contribution in [2.75, 3.05) is 32.8 Å². The summed E-state index contributed by atoms with van der Waals surface area (Å²) in [6.45, 7) is 7.81. The van der Waals surface area contributed by atoms with Crippen LogP contribution in [0.4, 0.5) is 39.5 Å². The summed E-state index contributed by atoms with van der Waals surface area (Å²) < 4.78 is 107. The molecule has 0 saturated carbocycles. The maximum absolute atomic E-state index is 10.6. The second kappa shape index (κ2) is 17.7. The molecule has 0 aromatic carbocycles. The number of hydrogen-bond acceptors (Lipinski definition) is 8. The van der Waals surface area contributed by atoms with Crippen LogP contribution in [0.1, 0.15) is 23.5 Å². The molecular weight excluding hydrogens is 653 g/mol. The quantitative estimate of drug-likeness (QED) is 0.385. The summed E-state index contributed by atoms with van der Waals surface area (Å²) in [6.07, 6.45) is -9.15. The smallest absolute Gasteiger partial charge is 0.475 e. The van der Waals surface area contributed by atoms with E-state index < -0.39 is 36.4 Å². The zero-order valence-electron chi connectivity index (χ0n) is 23.9. The highest BCUT2D eigenvalue weighted by molar-refractivity contribution is 5.73. The van der Waals surface area contributed by atoms with Gasteiger partial charge in [0.2, 0.25) is 0 Å². The molecule has 20 heteroatoms. The molecule has 2 aromatic heterocycles. The van der Waals surface area contributed by atoms with Gasteiger partial charge in [0.15, 0.2) is 0 Å². The topological polar surface area (TPSA) is 154 Å². The van der Waals surface area contributed by atoms with Crippen molar-refractivity contribution in [2.24, 2.45) is 0 Å². The molecular formula is C26H30F9N3O8. The molecule has 11 nitrogen and oxygen atoms in total. The lowest BCUT2D eigenvalue weighted by molar-refractivity contribution is -0.193. The minimum absolute atomic E-state index is 0.493. The molecule has 0 radical (unpaired) electrons. The number of aryl methyl sites for hydroxylation is 1. The Labute approximate surface area is 255 Å². The third kappa shape index (κ3) is 14.9. The second-order valence-electron chi connectivity index (χ2n) is 9.53. The Morgan fingerprint density at radius 3 is 1.74 bits per heavy atom. The van der Waals surface area contributed by atoms with Crippen molar-refractivity contribution >= 4 is 17.9 Å². The molecule has 3 N–H and O–H groups in total. The molecule has 46 heavy (non-hydrogen) atoms. The number of hydrogen-bond donors (Lipinski definition) is 3. The standard InChI is InChI=1S/C20H27N3O2.3C2HF3O2/c1-16-4-5-18(25-16)15-23-8-6-19(22-9-11-24-12-10-22)20(23)13-17-3-2-7-21-14-17;3*3-2(4,5)1(6)7/h2-5,7,14,19-20H,6,8-13,15H2,1H3;3*(H,6,7)/t19-,20+;;;/m1.../s1. The molecule has 4 heterocycles. The molecule has 0 bridgehead atoms. The summed E-state index contributed by atoms with van der Waals surface area (Å²) in [5, 5.41) is 21.4. The van der Waals surface area contributed by atoms with Crippen LogP contribution in [0.2, 0.25) is 0 Å². The number of aromatic nitrogens is 1. The first-order valence-electron chi connectivity index (χ1n) is 13.0. The van der Waals surface area contributed by atoms with Gasteiger partial charge in [0.25, 0.3) is 0 Å². The third-order valence-electron chi connectivity index (χ3n) is 6.19. The van der Waals surface area contributed by atoms with E-state index in [1.54, 1.807) is 0 Å². The van der Waals surface area contributed by atoms with Gasteiger partial charge in [-0.15, -0.1) is 0 Å². The van der Waals surface area contributed by atoms with Gasteiger partial charge in [0.1, 0.15) is 11.5 Å². The van der Waals surface area contributed by atoms with E-state index in [2.05, 4.69) is 33.0 Å². The van der Waals surface area contributed by atoms with Crippen LogP contribution >= 0.6 is 0 Å². The number of carboxylic acids is 3. The molecule has 0 amide bonds. The van der Waals surface area contributed by atoms with Gasteiger partial charge in [0.05, 0.1) is 19.8 Å². The maximum atomic E-state index is 10.6. The Morgan fingerprint density at radius 1 is 0.848 bits per heavy atom. The van der Waals surface area contributed by atoms with Crippen molar-refractivity contribution in [1.82, 2.24) is 14.8 Å². The zero-order chi connectivity index (χ0) is 35.3. The first kappa shape index (κ1) is 40.1. The highest BCUT2D eigenvalue weighted by Crippen LogP contribution is 2.28. The van der Waals surface area contributed by atoms with Crippen LogP contribution in [-0.2, 0) is 32.1 Å². The molecule has 0 aliphatic carbocycles. The Hall–Kier alpha value is -3.91. The molecule has 2 saturated heterocycles. The Morgan fingerprint density at radius 2 is 1.35 bits per heavy atom. The summed E-state index contributed by atoms with van der Waals surface area (Å²) in [6, 6.07) is 9.47. The van der Waals surface area contributed by atoms with Crippen molar-refractivity contribution in [3.63, 3.8) is 0 Å². The zero-order valence-corrected chi connectivity index (χ0v) is 23.9. The number of furan rings is 1. The number of carbonyl (C=O) groups is 3. The van der Waals surface area contributed by atoms with Gasteiger partial charge < -0.3 is 24.5 Å². The fraction of sp³-hybridized carbons (Fsp3) is 0.538. The van der Waals surface area contributed by atoms with Gasteiger partial charge in [0, 0.05) is 44.1 Å². The summed E-state index contributed by atoms with van der Waals surface area (Å²) in [4.78, 5) is 36.2. The monoisotopic (exact) mass is 683 g/mol. The Bertz CT molecular complexity index is 1170. The minimum atomic E-state index is -5.08. The van der Waals surface area contributed by atoms with Gasteiger partial charge in [-0.2, -0.15) is 39.5 Å². The fourth-order valence-corrected chi connectivity index (χ4v) is 4.23. The lowest BCUT2D eigenvalue weighted by Crippen LogP contribution is -2.50. The van der Waals surface area contributed by atoms with Gasteiger partial charge in [-0.25, -0.2) is 14.4 Å².